The molecule has 1 saturated heterocycles. The molecular weight excluding hydrogens is 221 g/mol. The normalized spacial score (nSPS) is 23.6. The molecule has 1 aromatic rings. The van der Waals surface area contributed by atoms with Gasteiger partial charge in [-0.2, -0.15) is 18.3 Å². The Morgan fingerprint density at radius 3 is 2.88 bits per heavy atom. The molecule has 7 heteroatoms. The summed E-state index contributed by atoms with van der Waals surface area (Å²) < 4.78 is 37.1. The lowest BCUT2D eigenvalue weighted by Crippen LogP contribution is -2.40. The molecule has 2 rings (SSSR count). The highest BCUT2D eigenvalue weighted by molar-refractivity contribution is 4.95. The molecule has 0 bridgehead atoms. The number of nitrogens with zero attached hydrogens (tertiary/aromatic N) is 3. The van der Waals surface area contributed by atoms with E-state index in [-0.39, 0.29) is 6.04 Å². The minimum absolute atomic E-state index is 0.280. The highest BCUT2D eigenvalue weighted by atomic mass is 19.4. The summed E-state index contributed by atoms with van der Waals surface area (Å²) in [5.74, 6) is 0.531. The summed E-state index contributed by atoms with van der Waals surface area (Å²) in [5, 5.41) is 6.34. The van der Waals surface area contributed by atoms with Gasteiger partial charge in [0.05, 0.1) is 12.6 Å². The van der Waals surface area contributed by atoms with Crippen LogP contribution in [0.15, 0.2) is 6.33 Å². The molecule has 4 nitrogen and oxygen atoms in total. The van der Waals surface area contributed by atoms with E-state index >= 15 is 0 Å². The van der Waals surface area contributed by atoms with Crippen molar-refractivity contribution in [1.29, 1.82) is 0 Å². The molecule has 1 aliphatic rings. The molecule has 0 radical (unpaired) electrons. The monoisotopic (exact) mass is 234 g/mol. The smallest absolute Gasteiger partial charge is 0.285 e. The van der Waals surface area contributed by atoms with Gasteiger partial charge in [-0.3, -0.25) is 10.00 Å². The van der Waals surface area contributed by atoms with Gasteiger partial charge >= 0.3 is 6.18 Å². The van der Waals surface area contributed by atoms with Gasteiger partial charge in [-0.25, -0.2) is 4.98 Å². The average molecular weight is 234 g/mol. The number of nitrogens with one attached hydrogen (secondary N) is 1. The lowest BCUT2D eigenvalue weighted by Gasteiger charge is -2.34. The first-order valence-electron chi connectivity index (χ1n) is 5.22. The van der Waals surface area contributed by atoms with Gasteiger partial charge in [-0.1, -0.05) is 6.42 Å². The van der Waals surface area contributed by atoms with Crippen molar-refractivity contribution in [3.05, 3.63) is 12.2 Å². The number of likely N-dealkylation sites (tertiary alicyclic amines) is 1. The maximum Gasteiger partial charge on any atom is 0.401 e. The van der Waals surface area contributed by atoms with E-state index in [4.69, 9.17) is 0 Å². The first-order chi connectivity index (χ1) is 7.56. The van der Waals surface area contributed by atoms with Crippen LogP contribution in [0.3, 0.4) is 0 Å². The summed E-state index contributed by atoms with van der Waals surface area (Å²) in [6, 6.07) is -0.280. The Hall–Kier alpha value is -1.11. The second kappa shape index (κ2) is 4.40. The number of H-pyrrole nitrogens is 1. The zero-order chi connectivity index (χ0) is 11.6. The largest absolute Gasteiger partial charge is 0.401 e. The molecule has 1 N–H and O–H groups in total. The van der Waals surface area contributed by atoms with Crippen LogP contribution >= 0.6 is 0 Å². The van der Waals surface area contributed by atoms with Crippen molar-refractivity contribution in [1.82, 2.24) is 20.1 Å². The summed E-state index contributed by atoms with van der Waals surface area (Å²) >= 11 is 0. The van der Waals surface area contributed by atoms with Gasteiger partial charge in [-0.15, -0.1) is 0 Å². The highest BCUT2D eigenvalue weighted by Crippen LogP contribution is 2.31. The molecule has 1 fully saturated rings. The third kappa shape index (κ3) is 2.72. The fourth-order valence-electron chi connectivity index (χ4n) is 2.10. The molecule has 0 amide bonds. The molecule has 0 aliphatic carbocycles. The van der Waals surface area contributed by atoms with Crippen molar-refractivity contribution < 1.29 is 13.2 Å². The molecule has 1 aliphatic heterocycles. The van der Waals surface area contributed by atoms with Gasteiger partial charge < -0.3 is 0 Å². The number of rotatable bonds is 2. The van der Waals surface area contributed by atoms with Crippen LogP contribution in [0.25, 0.3) is 0 Å². The van der Waals surface area contributed by atoms with E-state index in [9.17, 15) is 13.2 Å². The maximum atomic E-state index is 12.4. The fraction of sp³-hybridized carbons (Fsp3) is 0.778. The van der Waals surface area contributed by atoms with Crippen LogP contribution in [0, 0.1) is 0 Å². The summed E-state index contributed by atoms with van der Waals surface area (Å²) in [6.07, 6.45) is -0.392. The van der Waals surface area contributed by atoms with Crippen LogP contribution in [0.4, 0.5) is 13.2 Å². The predicted octanol–water partition coefficient (Wildman–Crippen LogP) is 1.89. The van der Waals surface area contributed by atoms with Crippen molar-refractivity contribution in [3.8, 4) is 0 Å². The van der Waals surface area contributed by atoms with Crippen molar-refractivity contribution >= 4 is 0 Å². The Balaban J connectivity index is 2.08. The minimum Gasteiger partial charge on any atom is -0.285 e. The van der Waals surface area contributed by atoms with E-state index in [1.165, 1.54) is 11.2 Å². The quantitative estimate of drug-likeness (QED) is 0.849. The van der Waals surface area contributed by atoms with Gasteiger partial charge in [0, 0.05) is 0 Å². The SMILES string of the molecule is FC(F)(F)CN1CCCC[C@H]1c1ncn[nH]1. The summed E-state index contributed by atoms with van der Waals surface area (Å²) in [4.78, 5) is 5.37. The summed E-state index contributed by atoms with van der Waals surface area (Å²) in [5.41, 5.74) is 0. The summed E-state index contributed by atoms with van der Waals surface area (Å²) in [7, 11) is 0. The number of piperidine rings is 1. The Morgan fingerprint density at radius 2 is 2.25 bits per heavy atom. The second-order valence-corrected chi connectivity index (χ2v) is 3.97. The first-order valence-corrected chi connectivity index (χ1v) is 5.22. The number of alkyl halides is 3. The van der Waals surface area contributed by atoms with Crippen LogP contribution in [0.2, 0.25) is 0 Å². The van der Waals surface area contributed by atoms with E-state index in [2.05, 4.69) is 15.2 Å². The number of hydrogen-bond acceptors (Lipinski definition) is 3. The van der Waals surface area contributed by atoms with Gasteiger partial charge in [-0.05, 0) is 19.4 Å². The van der Waals surface area contributed by atoms with Gasteiger partial charge in [0.25, 0.3) is 0 Å². The van der Waals surface area contributed by atoms with Crippen LogP contribution in [0.5, 0.6) is 0 Å². The standard InChI is InChI=1S/C9H13F3N4/c10-9(11,12)5-16-4-2-1-3-7(16)8-13-6-14-15-8/h6-7H,1-5H2,(H,13,14,15)/t7-/m0/s1. The summed E-state index contributed by atoms with van der Waals surface area (Å²) in [6.45, 7) is -0.413. The van der Waals surface area contributed by atoms with Crippen LogP contribution < -0.4 is 0 Å². The van der Waals surface area contributed by atoms with Crippen LogP contribution in [0.1, 0.15) is 31.1 Å². The van der Waals surface area contributed by atoms with Gasteiger partial charge in [0.15, 0.2) is 0 Å². The number of halogens is 3. The number of aromatic amines is 1. The third-order valence-corrected chi connectivity index (χ3v) is 2.75. The molecule has 0 aromatic carbocycles. The first kappa shape index (κ1) is 11.4. The van der Waals surface area contributed by atoms with E-state index in [1.54, 1.807) is 0 Å². The van der Waals surface area contributed by atoms with Crippen molar-refractivity contribution in [3.63, 3.8) is 0 Å². The Morgan fingerprint density at radius 1 is 1.44 bits per heavy atom. The zero-order valence-corrected chi connectivity index (χ0v) is 8.67. The maximum absolute atomic E-state index is 12.4. The van der Waals surface area contributed by atoms with Gasteiger partial charge in [0.2, 0.25) is 0 Å². The molecular formula is C9H13F3N4. The molecule has 0 saturated carbocycles. The lowest BCUT2D eigenvalue weighted by molar-refractivity contribution is -0.154. The van der Waals surface area contributed by atoms with E-state index in [0.717, 1.165) is 12.8 Å². The fourth-order valence-corrected chi connectivity index (χ4v) is 2.10. The van der Waals surface area contributed by atoms with E-state index in [1.807, 2.05) is 0 Å². The zero-order valence-electron chi connectivity index (χ0n) is 8.67. The van der Waals surface area contributed by atoms with Crippen LogP contribution in [-0.2, 0) is 0 Å². The van der Waals surface area contributed by atoms with E-state index in [0.29, 0.717) is 18.8 Å². The van der Waals surface area contributed by atoms with Crippen molar-refractivity contribution in [2.24, 2.45) is 0 Å². The Kier molecular flexibility index (Phi) is 3.13. The minimum atomic E-state index is -4.16. The van der Waals surface area contributed by atoms with Crippen molar-refractivity contribution in [2.75, 3.05) is 13.1 Å². The molecule has 0 spiro atoms. The topological polar surface area (TPSA) is 44.8 Å². The lowest BCUT2D eigenvalue weighted by atomic mass is 10.0. The molecule has 16 heavy (non-hydrogen) atoms. The predicted molar refractivity (Wildman–Crippen MR) is 50.6 cm³/mol. The van der Waals surface area contributed by atoms with Crippen molar-refractivity contribution in [2.45, 2.75) is 31.5 Å². The third-order valence-electron chi connectivity index (χ3n) is 2.75. The van der Waals surface area contributed by atoms with Gasteiger partial charge in [0.1, 0.15) is 12.2 Å². The molecule has 90 valence electrons. The second-order valence-electron chi connectivity index (χ2n) is 3.97. The molecule has 1 aromatic heterocycles. The highest BCUT2D eigenvalue weighted by Gasteiger charge is 2.36. The molecule has 2 heterocycles. The molecule has 0 unspecified atom stereocenters. The average Bonchev–Trinajstić information content (AvgIpc) is 2.69. The van der Waals surface area contributed by atoms with E-state index < -0.39 is 12.7 Å². The molecule has 1 atom stereocenters. The Labute approximate surface area is 90.9 Å². The Bertz CT molecular complexity index is 322. The number of hydrogen-bond donors (Lipinski definition) is 1. The number of aromatic nitrogens is 3. The van der Waals surface area contributed by atoms with Crippen LogP contribution in [-0.4, -0.2) is 39.3 Å².